The summed E-state index contributed by atoms with van der Waals surface area (Å²) in [4.78, 5) is 0. The van der Waals surface area contributed by atoms with Crippen LogP contribution in [0.2, 0.25) is 0 Å². The topological polar surface area (TPSA) is 49.2 Å². The maximum absolute atomic E-state index is 5.68. The van der Waals surface area contributed by atoms with Crippen LogP contribution in [0.15, 0.2) is 23.4 Å². The lowest BCUT2D eigenvalue weighted by Gasteiger charge is -2.04. The molecule has 0 unspecified atom stereocenters. The zero-order chi connectivity index (χ0) is 13.9. The third-order valence-electron chi connectivity index (χ3n) is 2.97. The van der Waals surface area contributed by atoms with Crippen LogP contribution in [0.5, 0.6) is 11.5 Å². The van der Waals surface area contributed by atoms with Crippen LogP contribution in [0, 0.1) is 0 Å². The van der Waals surface area contributed by atoms with Crippen molar-refractivity contribution in [1.82, 2.24) is 14.8 Å². The molecule has 5 nitrogen and oxygen atoms in total. The molecule has 2 heterocycles. The fourth-order valence-electron chi connectivity index (χ4n) is 1.95. The molecule has 0 spiro atoms. The number of aromatic nitrogens is 3. The number of halogens is 1. The smallest absolute Gasteiger partial charge is 0.231 e. The van der Waals surface area contributed by atoms with Gasteiger partial charge in [0.1, 0.15) is 0 Å². The summed E-state index contributed by atoms with van der Waals surface area (Å²) in [5, 5.41) is 9.36. The van der Waals surface area contributed by atoms with Crippen molar-refractivity contribution in [3.05, 3.63) is 18.2 Å². The molecule has 20 heavy (non-hydrogen) atoms. The zero-order valence-corrected chi connectivity index (χ0v) is 12.6. The quantitative estimate of drug-likeness (QED) is 0.483. The molecule has 106 valence electrons. The molecular weight excluding hydrogens is 298 g/mol. The van der Waals surface area contributed by atoms with E-state index in [9.17, 15) is 0 Å². The van der Waals surface area contributed by atoms with Crippen LogP contribution >= 0.6 is 23.4 Å². The summed E-state index contributed by atoms with van der Waals surface area (Å²) in [6.07, 6.45) is 0.957. The second kappa shape index (κ2) is 5.93. The van der Waals surface area contributed by atoms with Crippen LogP contribution in [0.4, 0.5) is 0 Å². The Hall–Kier alpha value is -1.40. The van der Waals surface area contributed by atoms with Crippen LogP contribution in [0.3, 0.4) is 0 Å². The summed E-state index contributed by atoms with van der Waals surface area (Å²) in [5.41, 5.74) is 0.966. The van der Waals surface area contributed by atoms with E-state index in [-0.39, 0.29) is 6.79 Å². The summed E-state index contributed by atoms with van der Waals surface area (Å²) < 4.78 is 12.7. The molecule has 1 aliphatic heterocycles. The van der Waals surface area contributed by atoms with E-state index >= 15 is 0 Å². The first-order valence-electron chi connectivity index (χ1n) is 6.28. The SMILES string of the molecule is Cn1c(SCCCCl)nnc1-c1ccc2c(c1)OCO2. The van der Waals surface area contributed by atoms with Gasteiger partial charge in [0.25, 0.3) is 0 Å². The molecule has 0 bridgehead atoms. The molecule has 0 radical (unpaired) electrons. The van der Waals surface area contributed by atoms with Crippen LogP contribution in [-0.2, 0) is 7.05 Å². The van der Waals surface area contributed by atoms with Gasteiger partial charge in [-0.15, -0.1) is 21.8 Å². The maximum Gasteiger partial charge on any atom is 0.231 e. The number of alkyl halides is 1. The van der Waals surface area contributed by atoms with Gasteiger partial charge in [0, 0.05) is 24.2 Å². The van der Waals surface area contributed by atoms with Gasteiger partial charge in [-0.1, -0.05) is 11.8 Å². The Morgan fingerprint density at radius 2 is 2.15 bits per heavy atom. The van der Waals surface area contributed by atoms with Gasteiger partial charge in [-0.25, -0.2) is 0 Å². The maximum atomic E-state index is 5.68. The van der Waals surface area contributed by atoms with Crippen molar-refractivity contribution in [3.8, 4) is 22.9 Å². The minimum Gasteiger partial charge on any atom is -0.454 e. The van der Waals surface area contributed by atoms with Gasteiger partial charge in [-0.05, 0) is 24.6 Å². The van der Waals surface area contributed by atoms with E-state index in [0.29, 0.717) is 5.88 Å². The highest BCUT2D eigenvalue weighted by Gasteiger charge is 2.17. The second-order valence-corrected chi connectivity index (χ2v) is 5.76. The largest absolute Gasteiger partial charge is 0.454 e. The van der Waals surface area contributed by atoms with Crippen molar-refractivity contribution in [2.75, 3.05) is 18.4 Å². The summed E-state index contributed by atoms with van der Waals surface area (Å²) in [5.74, 6) is 3.95. The molecule has 0 saturated heterocycles. The lowest BCUT2D eigenvalue weighted by molar-refractivity contribution is 0.174. The van der Waals surface area contributed by atoms with Crippen LogP contribution in [-0.4, -0.2) is 33.2 Å². The average molecular weight is 312 g/mol. The Morgan fingerprint density at radius 3 is 3.00 bits per heavy atom. The van der Waals surface area contributed by atoms with E-state index in [1.54, 1.807) is 11.8 Å². The second-order valence-electron chi connectivity index (χ2n) is 4.32. The third kappa shape index (κ3) is 2.58. The highest BCUT2D eigenvalue weighted by Crippen LogP contribution is 2.35. The molecule has 2 aromatic rings. The number of thioether (sulfide) groups is 1. The minimum atomic E-state index is 0.275. The van der Waals surface area contributed by atoms with Gasteiger partial charge < -0.3 is 14.0 Å². The predicted octanol–water partition coefficient (Wildman–Crippen LogP) is 2.93. The van der Waals surface area contributed by atoms with Crippen molar-refractivity contribution in [3.63, 3.8) is 0 Å². The molecular formula is C13H14ClN3O2S. The molecule has 7 heteroatoms. The van der Waals surface area contributed by atoms with Crippen LogP contribution < -0.4 is 9.47 Å². The first-order valence-corrected chi connectivity index (χ1v) is 7.80. The summed E-state index contributed by atoms with van der Waals surface area (Å²) in [7, 11) is 1.96. The molecule has 0 N–H and O–H groups in total. The van der Waals surface area contributed by atoms with E-state index in [1.807, 2.05) is 29.8 Å². The van der Waals surface area contributed by atoms with Crippen molar-refractivity contribution in [2.45, 2.75) is 11.6 Å². The number of hydrogen-bond acceptors (Lipinski definition) is 5. The van der Waals surface area contributed by atoms with E-state index in [0.717, 1.165) is 40.2 Å². The Balaban J connectivity index is 1.83. The lowest BCUT2D eigenvalue weighted by Crippen LogP contribution is -1.95. The molecule has 0 aliphatic carbocycles. The Morgan fingerprint density at radius 1 is 1.30 bits per heavy atom. The molecule has 3 rings (SSSR count). The van der Waals surface area contributed by atoms with Crippen molar-refractivity contribution in [2.24, 2.45) is 7.05 Å². The number of benzene rings is 1. The summed E-state index contributed by atoms with van der Waals surface area (Å²) in [6, 6.07) is 5.79. The van der Waals surface area contributed by atoms with Gasteiger partial charge in [-0.3, -0.25) is 0 Å². The third-order valence-corrected chi connectivity index (χ3v) is 4.35. The molecule has 0 atom stereocenters. The van der Waals surface area contributed by atoms with Gasteiger partial charge in [-0.2, -0.15) is 0 Å². The molecule has 1 aliphatic rings. The normalized spacial score (nSPS) is 12.9. The molecule has 0 amide bonds. The monoisotopic (exact) mass is 311 g/mol. The van der Waals surface area contributed by atoms with Gasteiger partial charge in [0.05, 0.1) is 0 Å². The number of nitrogens with zero attached hydrogens (tertiary/aromatic N) is 3. The molecule has 0 saturated carbocycles. The minimum absolute atomic E-state index is 0.275. The van der Waals surface area contributed by atoms with Gasteiger partial charge >= 0.3 is 0 Å². The first-order chi connectivity index (χ1) is 9.79. The van der Waals surface area contributed by atoms with E-state index in [2.05, 4.69) is 10.2 Å². The van der Waals surface area contributed by atoms with E-state index in [1.165, 1.54) is 0 Å². The number of fused-ring (bicyclic) bond motifs is 1. The Kier molecular flexibility index (Phi) is 4.03. The summed E-state index contributed by atoms with van der Waals surface area (Å²) >= 11 is 7.34. The highest BCUT2D eigenvalue weighted by atomic mass is 35.5. The zero-order valence-electron chi connectivity index (χ0n) is 11.0. The van der Waals surface area contributed by atoms with Gasteiger partial charge in [0.15, 0.2) is 22.5 Å². The fraction of sp³-hybridized carbons (Fsp3) is 0.385. The standard InChI is InChI=1S/C13H14ClN3O2S/c1-17-12(15-16-13(17)20-6-2-5-14)9-3-4-10-11(7-9)19-8-18-10/h3-4,7H,2,5-6,8H2,1H3. The lowest BCUT2D eigenvalue weighted by atomic mass is 10.2. The number of ether oxygens (including phenoxy) is 2. The number of rotatable bonds is 5. The van der Waals surface area contributed by atoms with E-state index in [4.69, 9.17) is 21.1 Å². The van der Waals surface area contributed by atoms with E-state index < -0.39 is 0 Å². The Bertz CT molecular complexity index is 618. The number of hydrogen-bond donors (Lipinski definition) is 0. The summed E-state index contributed by atoms with van der Waals surface area (Å²) in [6.45, 7) is 0.275. The fourth-order valence-corrected chi connectivity index (χ4v) is 3.09. The predicted molar refractivity (Wildman–Crippen MR) is 78.6 cm³/mol. The van der Waals surface area contributed by atoms with Crippen LogP contribution in [0.1, 0.15) is 6.42 Å². The average Bonchev–Trinajstić information content (AvgIpc) is 3.05. The van der Waals surface area contributed by atoms with Gasteiger partial charge in [0.2, 0.25) is 6.79 Å². The molecule has 1 aromatic heterocycles. The van der Waals surface area contributed by atoms with Crippen molar-refractivity contribution >= 4 is 23.4 Å². The molecule has 1 aromatic carbocycles. The first kappa shape index (κ1) is 13.6. The Labute approximate surface area is 126 Å². The van der Waals surface area contributed by atoms with Crippen molar-refractivity contribution < 1.29 is 9.47 Å². The highest BCUT2D eigenvalue weighted by molar-refractivity contribution is 7.99. The molecule has 0 fully saturated rings. The van der Waals surface area contributed by atoms with Crippen molar-refractivity contribution in [1.29, 1.82) is 0 Å². The van der Waals surface area contributed by atoms with Crippen LogP contribution in [0.25, 0.3) is 11.4 Å².